The van der Waals surface area contributed by atoms with Gasteiger partial charge in [0.25, 0.3) is 0 Å². The first kappa shape index (κ1) is 16.2. The number of amidine groups is 1. The number of aliphatic imine (C=N–C) groups is 1. The summed E-state index contributed by atoms with van der Waals surface area (Å²) < 4.78 is 33.0. The molecule has 0 unspecified atom stereocenters. The summed E-state index contributed by atoms with van der Waals surface area (Å²) in [6, 6.07) is 6.24. The van der Waals surface area contributed by atoms with Gasteiger partial charge in [-0.1, -0.05) is 30.0 Å². The second kappa shape index (κ2) is 6.45. The van der Waals surface area contributed by atoms with Crippen molar-refractivity contribution in [3.8, 4) is 0 Å². The average Bonchev–Trinajstić information content (AvgIpc) is 2.53. The van der Waals surface area contributed by atoms with Gasteiger partial charge in [0.05, 0.1) is 18.2 Å². The smallest absolute Gasteiger partial charge is 0.410 e. The van der Waals surface area contributed by atoms with E-state index in [1.807, 2.05) is 0 Å². The molecule has 3 rings (SSSR count). The number of carboxylic acid groups (broad SMARTS) is 1. The maximum atomic E-state index is 14.4. The first-order valence-electron chi connectivity index (χ1n) is 7.20. The van der Waals surface area contributed by atoms with Crippen LogP contribution in [0.2, 0.25) is 0 Å². The molecule has 1 saturated heterocycles. The van der Waals surface area contributed by atoms with E-state index in [1.54, 1.807) is 18.2 Å². The van der Waals surface area contributed by atoms with Crippen LogP contribution in [0, 0.1) is 11.7 Å². The van der Waals surface area contributed by atoms with Crippen LogP contribution in [0.15, 0.2) is 29.3 Å². The number of alkyl halides is 1. The summed E-state index contributed by atoms with van der Waals surface area (Å²) in [4.78, 5) is 15.4. The van der Waals surface area contributed by atoms with Crippen molar-refractivity contribution < 1.29 is 23.4 Å². The summed E-state index contributed by atoms with van der Waals surface area (Å²) in [5.41, 5.74) is -0.652. The fraction of sp³-hybridized carbons (Fsp3) is 0.467. The van der Waals surface area contributed by atoms with E-state index in [4.69, 9.17) is 9.84 Å². The number of fused-ring (bicyclic) bond motifs is 1. The lowest BCUT2D eigenvalue weighted by Crippen LogP contribution is -2.51. The molecule has 124 valence electrons. The molecule has 5 nitrogen and oxygen atoms in total. The van der Waals surface area contributed by atoms with E-state index in [2.05, 4.69) is 10.3 Å². The van der Waals surface area contributed by atoms with Crippen molar-refractivity contribution in [2.45, 2.75) is 18.1 Å². The number of thioether (sulfide) groups is 1. The predicted octanol–water partition coefficient (Wildman–Crippen LogP) is 2.77. The van der Waals surface area contributed by atoms with Crippen LogP contribution in [0.3, 0.4) is 0 Å². The highest BCUT2D eigenvalue weighted by Crippen LogP contribution is 2.47. The number of ether oxygens (including phenoxy) is 1. The summed E-state index contributed by atoms with van der Waals surface area (Å²) in [5.74, 6) is -0.0548. The van der Waals surface area contributed by atoms with E-state index >= 15 is 0 Å². The molecular formula is C15H16F2N2O3S. The first-order valence-corrected chi connectivity index (χ1v) is 8.19. The molecule has 2 aliphatic rings. The summed E-state index contributed by atoms with van der Waals surface area (Å²) in [6.07, 6.45) is -1.73. The lowest BCUT2D eigenvalue weighted by atomic mass is 9.74. The number of carbonyl (C=O) groups is 1. The maximum absolute atomic E-state index is 14.4. The number of amides is 1. The van der Waals surface area contributed by atoms with E-state index in [1.165, 1.54) is 17.8 Å². The third kappa shape index (κ3) is 3.05. The van der Waals surface area contributed by atoms with Crippen molar-refractivity contribution in [3.63, 3.8) is 0 Å². The Morgan fingerprint density at radius 3 is 3.00 bits per heavy atom. The molecular weight excluding hydrogens is 326 g/mol. The molecule has 3 atom stereocenters. The topological polar surface area (TPSA) is 70.9 Å². The van der Waals surface area contributed by atoms with E-state index in [9.17, 15) is 13.6 Å². The quantitative estimate of drug-likeness (QED) is 0.867. The number of hydrogen-bond donors (Lipinski definition) is 2. The number of nitrogens with one attached hydrogen (secondary N) is 1. The number of halogens is 2. The van der Waals surface area contributed by atoms with Crippen LogP contribution in [-0.4, -0.2) is 41.5 Å². The zero-order valence-electron chi connectivity index (χ0n) is 12.2. The van der Waals surface area contributed by atoms with Gasteiger partial charge in [-0.2, -0.15) is 0 Å². The monoisotopic (exact) mass is 342 g/mol. The van der Waals surface area contributed by atoms with E-state index < -0.39 is 30.2 Å². The molecule has 1 fully saturated rings. The van der Waals surface area contributed by atoms with Crippen LogP contribution in [0.4, 0.5) is 13.6 Å². The molecule has 0 saturated carbocycles. The molecule has 0 spiro atoms. The first-order chi connectivity index (χ1) is 11.0. The van der Waals surface area contributed by atoms with E-state index in [-0.39, 0.29) is 24.1 Å². The molecule has 8 heteroatoms. The lowest BCUT2D eigenvalue weighted by molar-refractivity contribution is -0.0621. The molecule has 0 radical (unpaired) electrons. The van der Waals surface area contributed by atoms with Crippen molar-refractivity contribution in [1.82, 2.24) is 5.32 Å². The molecule has 0 bridgehead atoms. The van der Waals surface area contributed by atoms with E-state index in [0.717, 1.165) is 0 Å². The molecule has 2 N–H and O–H groups in total. The molecule has 0 aliphatic carbocycles. The number of nitrogens with zero attached hydrogens (tertiary/aromatic N) is 1. The van der Waals surface area contributed by atoms with Crippen LogP contribution in [0.5, 0.6) is 0 Å². The highest BCUT2D eigenvalue weighted by molar-refractivity contribution is 8.13. The predicted molar refractivity (Wildman–Crippen MR) is 83.0 cm³/mol. The SMILES string of the molecule is O=C(O)NC1=N[C@@]2(c3ccccc3F)C[C@H](CF)OC[C@H]2CS1. The normalized spacial score (nSPS) is 30.3. The van der Waals surface area contributed by atoms with Gasteiger partial charge in [0.2, 0.25) is 0 Å². The Morgan fingerprint density at radius 2 is 2.30 bits per heavy atom. The third-order valence-corrected chi connectivity index (χ3v) is 5.23. The fourth-order valence-electron chi connectivity index (χ4n) is 3.14. The second-order valence-corrected chi connectivity index (χ2v) is 6.58. The number of benzene rings is 1. The Bertz CT molecular complexity index is 643. The van der Waals surface area contributed by atoms with Crippen molar-refractivity contribution in [2.75, 3.05) is 19.0 Å². The van der Waals surface area contributed by atoms with Gasteiger partial charge in [0, 0.05) is 23.7 Å². The number of hydrogen-bond acceptors (Lipinski definition) is 4. The zero-order chi connectivity index (χ0) is 16.4. The van der Waals surface area contributed by atoms with Gasteiger partial charge in [0.15, 0.2) is 5.17 Å². The van der Waals surface area contributed by atoms with Crippen molar-refractivity contribution in [3.05, 3.63) is 35.6 Å². The zero-order valence-corrected chi connectivity index (χ0v) is 13.0. The van der Waals surface area contributed by atoms with Gasteiger partial charge in [-0.05, 0) is 6.07 Å². The summed E-state index contributed by atoms with van der Waals surface area (Å²) in [7, 11) is 0. The minimum atomic E-state index is -1.23. The summed E-state index contributed by atoms with van der Waals surface area (Å²) in [6.45, 7) is -0.424. The van der Waals surface area contributed by atoms with Crippen LogP contribution < -0.4 is 5.32 Å². The molecule has 2 aliphatic heterocycles. The molecule has 2 heterocycles. The highest BCUT2D eigenvalue weighted by Gasteiger charge is 2.49. The Morgan fingerprint density at radius 1 is 1.52 bits per heavy atom. The van der Waals surface area contributed by atoms with Crippen molar-refractivity contribution in [1.29, 1.82) is 0 Å². The Balaban J connectivity index is 2.09. The highest BCUT2D eigenvalue weighted by atomic mass is 32.2. The Kier molecular flexibility index (Phi) is 4.54. The van der Waals surface area contributed by atoms with Gasteiger partial charge < -0.3 is 9.84 Å². The largest absolute Gasteiger partial charge is 0.465 e. The minimum Gasteiger partial charge on any atom is -0.465 e. The molecule has 0 aromatic heterocycles. The fourth-order valence-corrected chi connectivity index (χ4v) is 4.25. The van der Waals surface area contributed by atoms with Gasteiger partial charge in [-0.3, -0.25) is 10.3 Å². The van der Waals surface area contributed by atoms with Crippen LogP contribution >= 0.6 is 11.8 Å². The van der Waals surface area contributed by atoms with Crippen LogP contribution in [0.25, 0.3) is 0 Å². The van der Waals surface area contributed by atoms with E-state index in [0.29, 0.717) is 11.3 Å². The molecule has 1 amide bonds. The van der Waals surface area contributed by atoms with Gasteiger partial charge >= 0.3 is 6.09 Å². The van der Waals surface area contributed by atoms with Gasteiger partial charge in [-0.25, -0.2) is 13.6 Å². The van der Waals surface area contributed by atoms with Crippen molar-refractivity contribution in [2.24, 2.45) is 10.9 Å². The average molecular weight is 342 g/mol. The Hall–Kier alpha value is -1.67. The minimum absolute atomic E-state index is 0.147. The van der Waals surface area contributed by atoms with Crippen LogP contribution in [-0.2, 0) is 10.3 Å². The third-order valence-electron chi connectivity index (χ3n) is 4.20. The van der Waals surface area contributed by atoms with Crippen LogP contribution in [0.1, 0.15) is 12.0 Å². The van der Waals surface area contributed by atoms with Gasteiger partial charge in [-0.15, -0.1) is 0 Å². The van der Waals surface area contributed by atoms with Crippen molar-refractivity contribution >= 4 is 23.0 Å². The number of rotatable bonds is 2. The summed E-state index contributed by atoms with van der Waals surface area (Å²) in [5, 5.41) is 11.3. The lowest BCUT2D eigenvalue weighted by Gasteiger charge is -2.46. The van der Waals surface area contributed by atoms with Gasteiger partial charge in [0.1, 0.15) is 12.5 Å². The second-order valence-electron chi connectivity index (χ2n) is 5.57. The maximum Gasteiger partial charge on any atom is 0.410 e. The Labute approximate surface area is 136 Å². The molecule has 1 aromatic carbocycles. The standard InChI is InChI=1S/C15H16F2N2O3S/c16-6-10-5-15(11-3-1-2-4-12(11)17)9(7-22-10)8-23-13(19-15)18-14(20)21/h1-4,9-10H,5-8H2,(H,18,19)(H,20,21)/t9-,10+,15-/m0/s1. The summed E-state index contributed by atoms with van der Waals surface area (Å²) >= 11 is 1.25. The molecule has 23 heavy (non-hydrogen) atoms. The molecule has 1 aromatic rings.